The molecule has 1 aromatic rings. The van der Waals surface area contributed by atoms with Gasteiger partial charge in [0.2, 0.25) is 0 Å². The highest BCUT2D eigenvalue weighted by Crippen LogP contribution is 2.26. The van der Waals surface area contributed by atoms with Gasteiger partial charge in [0.05, 0.1) is 0 Å². The summed E-state index contributed by atoms with van der Waals surface area (Å²) in [4.78, 5) is 16.5. The van der Waals surface area contributed by atoms with Crippen LogP contribution in [0.5, 0.6) is 0 Å². The van der Waals surface area contributed by atoms with Crippen LogP contribution in [0, 0.1) is 5.92 Å². The maximum atomic E-state index is 12.2. The molecule has 3 rings (SSSR count). The van der Waals surface area contributed by atoms with Gasteiger partial charge < -0.3 is 15.1 Å². The second kappa shape index (κ2) is 7.03. The number of nitrogens with one attached hydrogen (secondary N) is 1. The number of amides is 2. The van der Waals surface area contributed by atoms with E-state index >= 15 is 0 Å². The zero-order valence-corrected chi connectivity index (χ0v) is 13.6. The number of carbonyl (C=O) groups excluding carboxylic acids is 1. The zero-order chi connectivity index (χ0) is 15.4. The number of nitrogens with zero attached hydrogens (tertiary/aromatic N) is 2. The van der Waals surface area contributed by atoms with Crippen molar-refractivity contribution in [2.45, 2.75) is 38.6 Å². The first-order valence-electron chi connectivity index (χ1n) is 8.56. The van der Waals surface area contributed by atoms with Crippen LogP contribution in [0.4, 0.5) is 10.5 Å². The fourth-order valence-electron chi connectivity index (χ4n) is 3.30. The Kier molecular flexibility index (Phi) is 4.86. The van der Waals surface area contributed by atoms with Crippen LogP contribution in [0.2, 0.25) is 0 Å². The molecule has 1 saturated carbocycles. The van der Waals surface area contributed by atoms with E-state index in [1.165, 1.54) is 43.4 Å². The van der Waals surface area contributed by atoms with Crippen molar-refractivity contribution in [1.29, 1.82) is 0 Å². The summed E-state index contributed by atoms with van der Waals surface area (Å²) in [6, 6.07) is 8.52. The van der Waals surface area contributed by atoms with Gasteiger partial charge in [-0.2, -0.15) is 0 Å². The van der Waals surface area contributed by atoms with E-state index in [9.17, 15) is 4.79 Å². The first kappa shape index (κ1) is 15.2. The molecule has 0 aromatic heterocycles. The zero-order valence-electron chi connectivity index (χ0n) is 13.6. The van der Waals surface area contributed by atoms with Crippen LogP contribution >= 0.6 is 0 Å². The number of hydrogen-bond acceptors (Lipinski definition) is 2. The van der Waals surface area contributed by atoms with Crippen LogP contribution < -0.4 is 10.2 Å². The molecule has 2 amide bonds. The Labute approximate surface area is 133 Å². The summed E-state index contributed by atoms with van der Waals surface area (Å²) in [6.45, 7) is 3.77. The van der Waals surface area contributed by atoms with E-state index in [0.717, 1.165) is 19.6 Å². The largest absolute Gasteiger partial charge is 0.371 e. The topological polar surface area (TPSA) is 35.6 Å². The lowest BCUT2D eigenvalue weighted by Gasteiger charge is -2.28. The molecule has 120 valence electrons. The minimum Gasteiger partial charge on any atom is -0.371 e. The molecule has 22 heavy (non-hydrogen) atoms. The van der Waals surface area contributed by atoms with Crippen molar-refractivity contribution < 1.29 is 4.79 Å². The summed E-state index contributed by atoms with van der Waals surface area (Å²) < 4.78 is 0. The summed E-state index contributed by atoms with van der Waals surface area (Å²) in [5.74, 6) is 0.703. The number of anilines is 1. The Morgan fingerprint density at radius 2 is 1.95 bits per heavy atom. The van der Waals surface area contributed by atoms with Gasteiger partial charge in [-0.05, 0) is 43.2 Å². The maximum Gasteiger partial charge on any atom is 0.317 e. The highest BCUT2D eigenvalue weighted by molar-refractivity contribution is 5.74. The lowest BCUT2D eigenvalue weighted by atomic mass is 9.85. The van der Waals surface area contributed by atoms with Gasteiger partial charge in [-0.3, -0.25) is 0 Å². The SMILES string of the molecule is CN(Cc1ccccc1N1CCCC1)C(=O)NCC1CCC1. The predicted octanol–water partition coefficient (Wildman–Crippen LogP) is 3.23. The number of para-hydroxylation sites is 1. The van der Waals surface area contributed by atoms with Gasteiger partial charge in [-0.25, -0.2) is 4.79 Å². The van der Waals surface area contributed by atoms with E-state index in [1.54, 1.807) is 4.90 Å². The molecule has 2 fully saturated rings. The van der Waals surface area contributed by atoms with Gasteiger partial charge in [0.25, 0.3) is 0 Å². The quantitative estimate of drug-likeness (QED) is 0.906. The maximum absolute atomic E-state index is 12.2. The van der Waals surface area contributed by atoms with E-state index in [1.807, 2.05) is 7.05 Å². The summed E-state index contributed by atoms with van der Waals surface area (Å²) >= 11 is 0. The molecule has 1 aliphatic carbocycles. The number of urea groups is 1. The van der Waals surface area contributed by atoms with Gasteiger partial charge in [0.1, 0.15) is 0 Å². The highest BCUT2D eigenvalue weighted by atomic mass is 16.2. The summed E-state index contributed by atoms with van der Waals surface area (Å²) in [7, 11) is 1.89. The van der Waals surface area contributed by atoms with E-state index in [4.69, 9.17) is 0 Å². The molecule has 1 aliphatic heterocycles. The first-order chi connectivity index (χ1) is 10.7. The van der Waals surface area contributed by atoms with Crippen LogP contribution in [0.25, 0.3) is 0 Å². The molecule has 1 saturated heterocycles. The third-order valence-corrected chi connectivity index (χ3v) is 4.96. The van der Waals surface area contributed by atoms with Crippen molar-refractivity contribution in [3.63, 3.8) is 0 Å². The molecular weight excluding hydrogens is 274 g/mol. The molecule has 4 nitrogen and oxygen atoms in total. The molecule has 0 spiro atoms. The van der Waals surface area contributed by atoms with Crippen molar-refractivity contribution >= 4 is 11.7 Å². The highest BCUT2D eigenvalue weighted by Gasteiger charge is 2.20. The first-order valence-corrected chi connectivity index (χ1v) is 8.56. The Morgan fingerprint density at radius 3 is 2.64 bits per heavy atom. The molecule has 0 radical (unpaired) electrons. The van der Waals surface area contributed by atoms with Crippen LogP contribution in [-0.2, 0) is 6.54 Å². The van der Waals surface area contributed by atoms with Crippen molar-refractivity contribution in [2.24, 2.45) is 5.92 Å². The minimum atomic E-state index is 0.0446. The van der Waals surface area contributed by atoms with E-state index in [-0.39, 0.29) is 6.03 Å². The molecule has 0 bridgehead atoms. The van der Waals surface area contributed by atoms with Crippen molar-refractivity contribution in [3.05, 3.63) is 29.8 Å². The van der Waals surface area contributed by atoms with Crippen LogP contribution in [0.1, 0.15) is 37.7 Å². The van der Waals surface area contributed by atoms with Crippen molar-refractivity contribution in [2.75, 3.05) is 31.6 Å². The lowest BCUT2D eigenvalue weighted by Crippen LogP contribution is -2.40. The van der Waals surface area contributed by atoms with Crippen molar-refractivity contribution in [3.8, 4) is 0 Å². The Bertz CT molecular complexity index is 507. The van der Waals surface area contributed by atoms with Crippen molar-refractivity contribution in [1.82, 2.24) is 10.2 Å². The van der Waals surface area contributed by atoms with Gasteiger partial charge in [-0.1, -0.05) is 24.6 Å². The summed E-state index contributed by atoms with van der Waals surface area (Å²) in [5.41, 5.74) is 2.53. The molecule has 0 unspecified atom stereocenters. The molecule has 1 heterocycles. The standard InChI is InChI=1S/C18H27N3O/c1-20(18(22)19-13-15-7-6-8-15)14-16-9-2-3-10-17(16)21-11-4-5-12-21/h2-3,9-10,15H,4-8,11-14H2,1H3,(H,19,22). The molecular formula is C18H27N3O. The number of hydrogen-bond donors (Lipinski definition) is 1. The normalized spacial score (nSPS) is 18.1. The van der Waals surface area contributed by atoms with Crippen LogP contribution in [-0.4, -0.2) is 37.6 Å². The average Bonchev–Trinajstić information content (AvgIpc) is 3.00. The van der Waals surface area contributed by atoms with Gasteiger partial charge >= 0.3 is 6.03 Å². The smallest absolute Gasteiger partial charge is 0.317 e. The molecule has 0 atom stereocenters. The number of rotatable bonds is 5. The third-order valence-electron chi connectivity index (χ3n) is 4.96. The summed E-state index contributed by atoms with van der Waals surface area (Å²) in [5, 5.41) is 3.07. The van der Waals surface area contributed by atoms with E-state index in [2.05, 4.69) is 34.5 Å². The van der Waals surface area contributed by atoms with Gasteiger partial charge in [-0.15, -0.1) is 0 Å². The Morgan fingerprint density at radius 1 is 1.23 bits per heavy atom. The second-order valence-corrected chi connectivity index (χ2v) is 6.66. The lowest BCUT2D eigenvalue weighted by molar-refractivity contribution is 0.200. The van der Waals surface area contributed by atoms with Gasteiger partial charge in [0, 0.05) is 38.9 Å². The molecule has 4 heteroatoms. The van der Waals surface area contributed by atoms with E-state index in [0.29, 0.717) is 12.5 Å². The second-order valence-electron chi connectivity index (χ2n) is 6.66. The Balaban J connectivity index is 1.58. The Hall–Kier alpha value is -1.71. The third kappa shape index (κ3) is 3.54. The van der Waals surface area contributed by atoms with E-state index < -0.39 is 0 Å². The minimum absolute atomic E-state index is 0.0446. The molecule has 2 aliphatic rings. The average molecular weight is 301 g/mol. The monoisotopic (exact) mass is 301 g/mol. The van der Waals surface area contributed by atoms with Crippen LogP contribution in [0.15, 0.2) is 24.3 Å². The van der Waals surface area contributed by atoms with Gasteiger partial charge in [0.15, 0.2) is 0 Å². The number of benzene rings is 1. The molecule has 1 aromatic carbocycles. The predicted molar refractivity (Wildman–Crippen MR) is 90.1 cm³/mol. The fourth-order valence-corrected chi connectivity index (χ4v) is 3.30. The summed E-state index contributed by atoms with van der Waals surface area (Å²) in [6.07, 6.45) is 6.39. The van der Waals surface area contributed by atoms with Crippen LogP contribution in [0.3, 0.4) is 0 Å². The fraction of sp³-hybridized carbons (Fsp3) is 0.611. The molecule has 1 N–H and O–H groups in total. The number of carbonyl (C=O) groups is 1.